The minimum Gasteiger partial charge on any atom is -0.322 e. The second kappa shape index (κ2) is 5.37. The molecule has 0 bridgehead atoms. The topological polar surface area (TPSA) is 27.6 Å². The van der Waals surface area contributed by atoms with Gasteiger partial charge in [-0.05, 0) is 44.0 Å². The van der Waals surface area contributed by atoms with Crippen LogP contribution in [0.2, 0.25) is 0 Å². The number of hydrazine groups is 1. The highest BCUT2D eigenvalue weighted by Crippen LogP contribution is 2.41. The molecule has 0 aromatic heterocycles. The summed E-state index contributed by atoms with van der Waals surface area (Å²) in [7, 11) is 0. The number of fused-ring (bicyclic) bond motifs is 1. The largest absolute Gasteiger partial charge is 0.322 e. The standard InChI is InChI=1S/C16H20FN3/c1-11(2)20-16(12-3-5-13(17)6-4-12)14-7-9-18-10-8-15(14)19-20/h3-6,8,10-11,14,16,19H,7,9H2,1-2H3. The van der Waals surface area contributed by atoms with Gasteiger partial charge < -0.3 is 5.43 Å². The maximum Gasteiger partial charge on any atom is 0.123 e. The second-order valence-corrected chi connectivity index (χ2v) is 5.68. The van der Waals surface area contributed by atoms with Crippen molar-refractivity contribution in [1.82, 2.24) is 10.4 Å². The molecule has 2 heterocycles. The van der Waals surface area contributed by atoms with E-state index in [9.17, 15) is 4.39 Å². The summed E-state index contributed by atoms with van der Waals surface area (Å²) in [6.07, 6.45) is 4.96. The molecule has 2 aliphatic heterocycles. The van der Waals surface area contributed by atoms with Crippen LogP contribution in [-0.4, -0.2) is 23.8 Å². The lowest BCUT2D eigenvalue weighted by atomic mass is 9.89. The van der Waals surface area contributed by atoms with Crippen molar-refractivity contribution in [2.75, 3.05) is 6.54 Å². The van der Waals surface area contributed by atoms with Gasteiger partial charge in [0.25, 0.3) is 0 Å². The molecule has 3 rings (SSSR count). The van der Waals surface area contributed by atoms with Crippen molar-refractivity contribution in [2.24, 2.45) is 10.9 Å². The molecule has 0 amide bonds. The van der Waals surface area contributed by atoms with Crippen molar-refractivity contribution in [3.63, 3.8) is 0 Å². The van der Waals surface area contributed by atoms with Crippen molar-refractivity contribution >= 4 is 6.21 Å². The molecule has 1 aromatic carbocycles. The van der Waals surface area contributed by atoms with Crippen molar-refractivity contribution < 1.29 is 4.39 Å². The third-order valence-corrected chi connectivity index (χ3v) is 4.04. The third-order valence-electron chi connectivity index (χ3n) is 4.04. The lowest BCUT2D eigenvalue weighted by Gasteiger charge is -2.30. The summed E-state index contributed by atoms with van der Waals surface area (Å²) in [5.74, 6) is 0.209. The Labute approximate surface area is 119 Å². The molecular formula is C16H20FN3. The number of hydrogen-bond donors (Lipinski definition) is 1. The van der Waals surface area contributed by atoms with Crippen molar-refractivity contribution in [3.8, 4) is 0 Å². The van der Waals surface area contributed by atoms with Gasteiger partial charge in [-0.25, -0.2) is 9.40 Å². The Bertz CT molecular complexity index is 533. The van der Waals surface area contributed by atoms with Gasteiger partial charge in [-0.2, -0.15) is 0 Å². The van der Waals surface area contributed by atoms with Gasteiger partial charge >= 0.3 is 0 Å². The van der Waals surface area contributed by atoms with Crippen LogP contribution < -0.4 is 5.43 Å². The summed E-state index contributed by atoms with van der Waals surface area (Å²) < 4.78 is 13.2. The van der Waals surface area contributed by atoms with Crippen LogP contribution in [0.15, 0.2) is 41.0 Å². The predicted octanol–water partition coefficient (Wildman–Crippen LogP) is 3.07. The maximum atomic E-state index is 13.2. The van der Waals surface area contributed by atoms with Crippen LogP contribution in [0.1, 0.15) is 31.9 Å². The number of benzene rings is 1. The Morgan fingerprint density at radius 3 is 2.75 bits per heavy atom. The normalized spacial score (nSPS) is 26.1. The van der Waals surface area contributed by atoms with E-state index in [2.05, 4.69) is 35.4 Å². The number of halogens is 1. The van der Waals surface area contributed by atoms with Crippen LogP contribution >= 0.6 is 0 Å². The molecule has 4 heteroatoms. The second-order valence-electron chi connectivity index (χ2n) is 5.68. The molecule has 1 N–H and O–H groups in total. The van der Waals surface area contributed by atoms with Gasteiger partial charge in [0.15, 0.2) is 0 Å². The SMILES string of the molecule is CC(C)N1NC2=CC=NCCC2C1c1ccc(F)cc1. The minimum atomic E-state index is -0.184. The zero-order valence-electron chi connectivity index (χ0n) is 11.9. The molecular weight excluding hydrogens is 253 g/mol. The molecule has 0 radical (unpaired) electrons. The van der Waals surface area contributed by atoms with E-state index < -0.39 is 0 Å². The van der Waals surface area contributed by atoms with E-state index in [4.69, 9.17) is 0 Å². The van der Waals surface area contributed by atoms with E-state index in [0.717, 1.165) is 18.5 Å². The number of nitrogens with one attached hydrogen (secondary N) is 1. The van der Waals surface area contributed by atoms with Gasteiger partial charge in [-0.3, -0.25) is 4.99 Å². The van der Waals surface area contributed by atoms with Gasteiger partial charge in [0.1, 0.15) is 5.82 Å². The lowest BCUT2D eigenvalue weighted by Crippen LogP contribution is -2.38. The number of hydrogen-bond acceptors (Lipinski definition) is 3. The lowest BCUT2D eigenvalue weighted by molar-refractivity contribution is 0.130. The number of rotatable bonds is 2. The first kappa shape index (κ1) is 13.3. The molecule has 1 saturated heterocycles. The smallest absolute Gasteiger partial charge is 0.123 e. The fraction of sp³-hybridized carbons (Fsp3) is 0.438. The molecule has 0 saturated carbocycles. The Morgan fingerprint density at radius 2 is 2.05 bits per heavy atom. The van der Waals surface area contributed by atoms with Gasteiger partial charge in [0, 0.05) is 30.4 Å². The Kier molecular flexibility index (Phi) is 3.57. The number of aliphatic imine (C=N–C) groups is 1. The third kappa shape index (κ3) is 2.36. The molecule has 1 aromatic rings. The van der Waals surface area contributed by atoms with Crippen LogP contribution in [0.5, 0.6) is 0 Å². The number of nitrogens with zero attached hydrogens (tertiary/aromatic N) is 2. The maximum absolute atomic E-state index is 13.2. The average Bonchev–Trinajstić information content (AvgIpc) is 2.64. The first-order valence-corrected chi connectivity index (χ1v) is 7.17. The van der Waals surface area contributed by atoms with E-state index in [0.29, 0.717) is 12.0 Å². The molecule has 106 valence electrons. The Morgan fingerprint density at radius 1 is 1.30 bits per heavy atom. The molecule has 3 nitrogen and oxygen atoms in total. The highest BCUT2D eigenvalue weighted by Gasteiger charge is 2.39. The molecule has 2 unspecified atom stereocenters. The van der Waals surface area contributed by atoms with Crippen LogP contribution in [0.4, 0.5) is 4.39 Å². The van der Waals surface area contributed by atoms with E-state index in [1.807, 2.05) is 18.3 Å². The summed E-state index contributed by atoms with van der Waals surface area (Å²) in [5.41, 5.74) is 5.88. The van der Waals surface area contributed by atoms with Crippen LogP contribution in [0.25, 0.3) is 0 Å². The zero-order chi connectivity index (χ0) is 14.1. The van der Waals surface area contributed by atoms with Crippen LogP contribution in [0, 0.1) is 11.7 Å². The Hall–Kier alpha value is -1.68. The molecule has 0 spiro atoms. The van der Waals surface area contributed by atoms with Crippen molar-refractivity contribution in [2.45, 2.75) is 32.4 Å². The van der Waals surface area contributed by atoms with Gasteiger partial charge in [0.2, 0.25) is 0 Å². The zero-order valence-corrected chi connectivity index (χ0v) is 11.9. The van der Waals surface area contributed by atoms with Crippen LogP contribution in [0.3, 0.4) is 0 Å². The van der Waals surface area contributed by atoms with E-state index in [-0.39, 0.29) is 11.9 Å². The first-order valence-electron chi connectivity index (χ1n) is 7.17. The van der Waals surface area contributed by atoms with E-state index >= 15 is 0 Å². The fourth-order valence-electron chi connectivity index (χ4n) is 3.06. The summed E-state index contributed by atoms with van der Waals surface area (Å²) in [6, 6.07) is 7.49. The summed E-state index contributed by atoms with van der Waals surface area (Å²) in [5, 5.41) is 2.27. The average molecular weight is 273 g/mol. The van der Waals surface area contributed by atoms with Crippen LogP contribution in [-0.2, 0) is 0 Å². The van der Waals surface area contributed by atoms with Gasteiger partial charge in [0.05, 0.1) is 6.04 Å². The monoisotopic (exact) mass is 273 g/mol. The summed E-state index contributed by atoms with van der Waals surface area (Å²) >= 11 is 0. The molecule has 1 fully saturated rings. The van der Waals surface area contributed by atoms with Crippen molar-refractivity contribution in [1.29, 1.82) is 0 Å². The van der Waals surface area contributed by atoms with Gasteiger partial charge in [-0.1, -0.05) is 12.1 Å². The highest BCUT2D eigenvalue weighted by molar-refractivity contribution is 5.72. The molecule has 2 aliphatic rings. The minimum absolute atomic E-state index is 0.184. The molecule has 2 atom stereocenters. The quantitative estimate of drug-likeness (QED) is 0.896. The first-order chi connectivity index (χ1) is 9.66. The van der Waals surface area contributed by atoms with E-state index in [1.54, 1.807) is 12.1 Å². The summed E-state index contributed by atoms with van der Waals surface area (Å²) in [6.45, 7) is 5.18. The molecule has 0 aliphatic carbocycles. The fourth-order valence-corrected chi connectivity index (χ4v) is 3.06. The molecule has 20 heavy (non-hydrogen) atoms. The van der Waals surface area contributed by atoms with Gasteiger partial charge in [-0.15, -0.1) is 0 Å². The Balaban J connectivity index is 1.98. The highest BCUT2D eigenvalue weighted by atomic mass is 19.1. The van der Waals surface area contributed by atoms with Crippen molar-refractivity contribution in [3.05, 3.63) is 47.4 Å². The predicted molar refractivity (Wildman–Crippen MR) is 78.8 cm³/mol. The number of allylic oxidation sites excluding steroid dienone is 1. The summed E-state index contributed by atoms with van der Waals surface area (Å²) in [4.78, 5) is 4.35. The van der Waals surface area contributed by atoms with E-state index in [1.165, 1.54) is 5.70 Å².